The number of hydrogen-bond acceptors (Lipinski definition) is 6. The van der Waals surface area contributed by atoms with Gasteiger partial charge in [0.15, 0.2) is 5.65 Å². The molecule has 0 amide bonds. The van der Waals surface area contributed by atoms with E-state index in [9.17, 15) is 5.11 Å². The number of nitrogens with one attached hydrogen (secondary N) is 1. The first-order valence-electron chi connectivity index (χ1n) is 9.93. The van der Waals surface area contributed by atoms with Gasteiger partial charge in [-0.1, -0.05) is 25.5 Å². The second kappa shape index (κ2) is 9.39. The molecule has 0 saturated heterocycles. The Hall–Kier alpha value is -3.11. The highest BCUT2D eigenvalue weighted by Gasteiger charge is 2.14. The topological polar surface area (TPSA) is 96.0 Å². The Kier molecular flexibility index (Phi) is 6.68. The summed E-state index contributed by atoms with van der Waals surface area (Å²) >= 11 is 0. The van der Waals surface area contributed by atoms with E-state index in [0.29, 0.717) is 12.2 Å². The van der Waals surface area contributed by atoms with Crippen molar-refractivity contribution in [3.05, 3.63) is 36.5 Å². The van der Waals surface area contributed by atoms with Crippen molar-refractivity contribution in [2.45, 2.75) is 45.8 Å². The maximum atomic E-state index is 9.91. The number of anilines is 1. The molecule has 2 aromatic heterocycles. The van der Waals surface area contributed by atoms with Crippen LogP contribution in [-0.4, -0.2) is 39.1 Å². The van der Waals surface area contributed by atoms with E-state index in [2.05, 4.69) is 30.3 Å². The monoisotopic (exact) mass is 393 g/mol. The van der Waals surface area contributed by atoms with Crippen LogP contribution in [0.5, 0.6) is 5.75 Å². The Morgan fingerprint density at radius 2 is 2.14 bits per heavy atom. The van der Waals surface area contributed by atoms with E-state index < -0.39 is 6.10 Å². The molecular weight excluding hydrogens is 366 g/mol. The van der Waals surface area contributed by atoms with Crippen molar-refractivity contribution >= 4 is 16.7 Å². The quantitative estimate of drug-likeness (QED) is 0.530. The number of benzene rings is 1. The average molecular weight is 393 g/mol. The first kappa shape index (κ1) is 20.6. The van der Waals surface area contributed by atoms with Crippen LogP contribution in [0.1, 0.15) is 39.7 Å². The molecule has 0 spiro atoms. The molecule has 1 atom stereocenters. The average Bonchev–Trinajstić information content (AvgIpc) is 3.15. The van der Waals surface area contributed by atoms with Gasteiger partial charge in [-0.15, -0.1) is 0 Å². The molecular formula is C22H27N5O2. The highest BCUT2D eigenvalue weighted by molar-refractivity contribution is 5.92. The van der Waals surface area contributed by atoms with E-state index >= 15 is 0 Å². The minimum absolute atomic E-state index is 0.161. The predicted molar refractivity (Wildman–Crippen MR) is 114 cm³/mol. The minimum atomic E-state index is -0.472. The molecule has 3 aromatic rings. The normalized spacial score (nSPS) is 12.1. The molecule has 152 valence electrons. The van der Waals surface area contributed by atoms with Crippen LogP contribution >= 0.6 is 0 Å². The van der Waals surface area contributed by atoms with Gasteiger partial charge in [0.2, 0.25) is 0 Å². The van der Waals surface area contributed by atoms with Crippen molar-refractivity contribution in [2.75, 3.05) is 18.5 Å². The van der Waals surface area contributed by atoms with Gasteiger partial charge in [0.25, 0.3) is 0 Å². The van der Waals surface area contributed by atoms with Gasteiger partial charge in [-0.3, -0.25) is 0 Å². The molecule has 0 aliphatic rings. The van der Waals surface area contributed by atoms with Crippen molar-refractivity contribution in [3.8, 4) is 23.1 Å². The molecule has 0 radical (unpaired) electrons. The fraction of sp³-hybridized carbons (Fsp3) is 0.409. The van der Waals surface area contributed by atoms with Gasteiger partial charge in [-0.2, -0.15) is 10.4 Å². The third-order valence-corrected chi connectivity index (χ3v) is 4.61. The molecule has 2 N–H and O–H groups in total. The highest BCUT2D eigenvalue weighted by Crippen LogP contribution is 2.31. The van der Waals surface area contributed by atoms with Crippen LogP contribution in [0.2, 0.25) is 0 Å². The van der Waals surface area contributed by atoms with E-state index in [-0.39, 0.29) is 19.2 Å². The number of rotatable bonds is 9. The molecule has 29 heavy (non-hydrogen) atoms. The van der Waals surface area contributed by atoms with Crippen LogP contribution in [-0.2, 0) is 0 Å². The number of nitrogens with zero attached hydrogens (tertiary/aromatic N) is 4. The summed E-state index contributed by atoms with van der Waals surface area (Å²) in [6, 6.07) is 11.9. The van der Waals surface area contributed by atoms with Crippen LogP contribution in [0.3, 0.4) is 0 Å². The number of aliphatic hydroxyl groups excluding tert-OH is 1. The van der Waals surface area contributed by atoms with Gasteiger partial charge in [0, 0.05) is 17.3 Å². The molecule has 7 nitrogen and oxygen atoms in total. The molecule has 1 aromatic carbocycles. The van der Waals surface area contributed by atoms with Gasteiger partial charge >= 0.3 is 0 Å². The lowest BCUT2D eigenvalue weighted by Crippen LogP contribution is -2.16. The zero-order chi connectivity index (χ0) is 20.8. The lowest BCUT2D eigenvalue weighted by atomic mass is 10.1. The fourth-order valence-electron chi connectivity index (χ4n) is 3.18. The van der Waals surface area contributed by atoms with E-state index in [1.165, 1.54) is 0 Å². The number of hydrogen-bond donors (Lipinski definition) is 2. The lowest BCUT2D eigenvalue weighted by Gasteiger charge is -2.13. The van der Waals surface area contributed by atoms with Gasteiger partial charge in [-0.05, 0) is 38.5 Å². The van der Waals surface area contributed by atoms with Crippen LogP contribution in [0, 0.1) is 11.3 Å². The Balaban J connectivity index is 1.97. The molecule has 0 aliphatic heterocycles. The maximum absolute atomic E-state index is 9.91. The third-order valence-electron chi connectivity index (χ3n) is 4.61. The largest absolute Gasteiger partial charge is 0.491 e. The Morgan fingerprint density at radius 3 is 2.86 bits per heavy atom. The standard InChI is InChI=1S/C22H27N5O2/c1-4-6-17(28)14-29-18-8-5-7-16(11-18)20-12-21(24-10-9-23)19-13-25-27(15(2)3)22(19)26-20/h5,7-8,11-13,15,17,28H,4,6,10,14H2,1-3H3,(H,24,26). The van der Waals surface area contributed by atoms with E-state index in [1.54, 1.807) is 6.20 Å². The van der Waals surface area contributed by atoms with E-state index in [1.807, 2.05) is 41.9 Å². The van der Waals surface area contributed by atoms with Crippen molar-refractivity contribution in [2.24, 2.45) is 0 Å². The number of nitriles is 1. The summed E-state index contributed by atoms with van der Waals surface area (Å²) < 4.78 is 7.63. The molecule has 1 unspecified atom stereocenters. The fourth-order valence-corrected chi connectivity index (χ4v) is 3.18. The molecule has 0 saturated carbocycles. The summed E-state index contributed by atoms with van der Waals surface area (Å²) in [4.78, 5) is 4.83. The molecule has 0 bridgehead atoms. The van der Waals surface area contributed by atoms with Crippen molar-refractivity contribution < 1.29 is 9.84 Å². The van der Waals surface area contributed by atoms with Crippen LogP contribution in [0.25, 0.3) is 22.3 Å². The Labute approximate surface area is 170 Å². The molecule has 0 aliphatic carbocycles. The van der Waals surface area contributed by atoms with Gasteiger partial charge < -0.3 is 15.2 Å². The second-order valence-electron chi connectivity index (χ2n) is 7.27. The smallest absolute Gasteiger partial charge is 0.160 e. The van der Waals surface area contributed by atoms with Crippen molar-refractivity contribution in [1.29, 1.82) is 5.26 Å². The second-order valence-corrected chi connectivity index (χ2v) is 7.27. The van der Waals surface area contributed by atoms with Gasteiger partial charge in [-0.25, -0.2) is 9.67 Å². The SMILES string of the molecule is CCCC(O)COc1cccc(-c2cc(NCC#N)c3cnn(C(C)C)c3n2)c1. The molecule has 7 heteroatoms. The molecule has 2 heterocycles. The van der Waals surface area contributed by atoms with Crippen LogP contribution < -0.4 is 10.1 Å². The number of aromatic nitrogens is 3. The summed E-state index contributed by atoms with van der Waals surface area (Å²) in [5.74, 6) is 0.684. The first-order valence-corrected chi connectivity index (χ1v) is 9.93. The van der Waals surface area contributed by atoms with Crippen LogP contribution in [0.4, 0.5) is 5.69 Å². The minimum Gasteiger partial charge on any atom is -0.491 e. The maximum Gasteiger partial charge on any atom is 0.160 e. The Bertz CT molecular complexity index is 1010. The summed E-state index contributed by atoms with van der Waals surface area (Å²) in [5.41, 5.74) is 3.25. The van der Waals surface area contributed by atoms with E-state index in [0.717, 1.165) is 34.4 Å². The summed E-state index contributed by atoms with van der Waals surface area (Å²) in [6.07, 6.45) is 2.93. The number of fused-ring (bicyclic) bond motifs is 1. The lowest BCUT2D eigenvalue weighted by molar-refractivity contribution is 0.0994. The third kappa shape index (κ3) is 4.84. The Morgan fingerprint density at radius 1 is 1.31 bits per heavy atom. The van der Waals surface area contributed by atoms with Crippen LogP contribution in [0.15, 0.2) is 36.5 Å². The van der Waals surface area contributed by atoms with E-state index in [4.69, 9.17) is 15.0 Å². The van der Waals surface area contributed by atoms with Crippen molar-refractivity contribution in [1.82, 2.24) is 14.8 Å². The summed E-state index contributed by atoms with van der Waals surface area (Å²) in [5, 5.41) is 27.4. The highest BCUT2D eigenvalue weighted by atomic mass is 16.5. The molecule has 0 fully saturated rings. The number of pyridine rings is 1. The summed E-state index contributed by atoms with van der Waals surface area (Å²) in [6.45, 7) is 6.60. The predicted octanol–water partition coefficient (Wildman–Crippen LogP) is 4.15. The number of ether oxygens (including phenoxy) is 1. The zero-order valence-corrected chi connectivity index (χ0v) is 17.1. The first-order chi connectivity index (χ1) is 14.0. The summed E-state index contributed by atoms with van der Waals surface area (Å²) in [7, 11) is 0. The molecule has 3 rings (SSSR count). The van der Waals surface area contributed by atoms with Gasteiger partial charge in [0.05, 0.1) is 29.5 Å². The van der Waals surface area contributed by atoms with Gasteiger partial charge in [0.1, 0.15) is 18.9 Å². The number of aliphatic hydroxyl groups is 1. The van der Waals surface area contributed by atoms with Crippen molar-refractivity contribution in [3.63, 3.8) is 0 Å². The zero-order valence-electron chi connectivity index (χ0n) is 17.1.